The highest BCUT2D eigenvalue weighted by Gasteiger charge is 2.21. The first kappa shape index (κ1) is 17.3. The molecule has 2 aromatic rings. The highest BCUT2D eigenvalue weighted by molar-refractivity contribution is 7.99. The molecule has 6 nitrogen and oxygen atoms in total. The third kappa shape index (κ3) is 4.47. The first-order chi connectivity index (χ1) is 11.0. The Labute approximate surface area is 144 Å². The summed E-state index contributed by atoms with van der Waals surface area (Å²) >= 11 is 7.11. The van der Waals surface area contributed by atoms with Crippen LogP contribution in [-0.4, -0.2) is 37.4 Å². The molecule has 0 saturated carbocycles. The topological polar surface area (TPSA) is 72.7 Å². The van der Waals surface area contributed by atoms with Crippen LogP contribution < -0.4 is 5.32 Å². The monoisotopic (exact) mass is 349 g/mol. The number of benzene rings is 1. The van der Waals surface area contributed by atoms with Gasteiger partial charge in [0.2, 0.25) is 11.1 Å². The zero-order chi connectivity index (χ0) is 16.9. The van der Waals surface area contributed by atoms with Gasteiger partial charge >= 0.3 is 0 Å². The molecule has 0 aliphatic rings. The van der Waals surface area contributed by atoms with Crippen LogP contribution in [0.5, 0.6) is 0 Å². The SMILES string of the molecule is C#CC(C)(CC)NC(=O)CSc1nnnn1-c1ccc(Cl)cc1. The smallest absolute Gasteiger partial charge is 0.231 e. The number of hydrogen-bond donors (Lipinski definition) is 1. The van der Waals surface area contributed by atoms with E-state index in [4.69, 9.17) is 18.0 Å². The molecular weight excluding hydrogens is 334 g/mol. The van der Waals surface area contributed by atoms with Gasteiger partial charge < -0.3 is 5.32 Å². The molecule has 1 aromatic heterocycles. The second kappa shape index (κ2) is 7.49. The van der Waals surface area contributed by atoms with Crippen molar-refractivity contribution >= 4 is 29.3 Å². The second-order valence-corrected chi connectivity index (χ2v) is 6.40. The van der Waals surface area contributed by atoms with Gasteiger partial charge in [0.25, 0.3) is 0 Å². The number of terminal acetylenes is 1. The standard InChI is InChI=1S/C15H16ClN5OS/c1-4-15(3,5-2)17-13(22)10-23-14-18-19-20-21(14)12-8-6-11(16)7-9-12/h1,6-9H,5,10H2,2-3H3,(H,17,22). The number of carbonyl (C=O) groups is 1. The number of tetrazole rings is 1. The summed E-state index contributed by atoms with van der Waals surface area (Å²) in [7, 11) is 0. The minimum atomic E-state index is -0.639. The van der Waals surface area contributed by atoms with E-state index in [9.17, 15) is 4.79 Å². The predicted molar refractivity (Wildman–Crippen MR) is 90.6 cm³/mol. The molecule has 1 aromatic carbocycles. The van der Waals surface area contributed by atoms with Crippen molar-refractivity contribution in [2.45, 2.75) is 31.0 Å². The lowest BCUT2D eigenvalue weighted by molar-refractivity contribution is -0.119. The maximum atomic E-state index is 12.0. The minimum absolute atomic E-state index is 0.164. The number of carbonyl (C=O) groups excluding carboxylic acids is 1. The van der Waals surface area contributed by atoms with Crippen molar-refractivity contribution in [3.8, 4) is 18.0 Å². The summed E-state index contributed by atoms with van der Waals surface area (Å²) in [5, 5.41) is 15.5. The number of halogens is 1. The molecule has 120 valence electrons. The fraction of sp³-hybridized carbons (Fsp3) is 0.333. The number of nitrogens with one attached hydrogen (secondary N) is 1. The molecule has 0 radical (unpaired) electrons. The van der Waals surface area contributed by atoms with Crippen LogP contribution in [0.2, 0.25) is 5.02 Å². The fourth-order valence-corrected chi connectivity index (χ4v) is 2.53. The highest BCUT2D eigenvalue weighted by atomic mass is 35.5. The average Bonchev–Trinajstić information content (AvgIpc) is 3.02. The number of thioether (sulfide) groups is 1. The van der Waals surface area contributed by atoms with E-state index in [1.165, 1.54) is 11.8 Å². The zero-order valence-electron chi connectivity index (χ0n) is 12.8. The van der Waals surface area contributed by atoms with Crippen molar-refractivity contribution < 1.29 is 4.79 Å². The highest BCUT2D eigenvalue weighted by Crippen LogP contribution is 2.19. The number of amides is 1. The van der Waals surface area contributed by atoms with Crippen LogP contribution in [-0.2, 0) is 4.79 Å². The molecule has 0 aliphatic carbocycles. The van der Waals surface area contributed by atoms with Gasteiger partial charge in [-0.15, -0.1) is 11.5 Å². The first-order valence-corrected chi connectivity index (χ1v) is 8.29. The summed E-state index contributed by atoms with van der Waals surface area (Å²) in [5.41, 5.74) is 0.129. The largest absolute Gasteiger partial charge is 0.339 e. The van der Waals surface area contributed by atoms with E-state index in [-0.39, 0.29) is 11.7 Å². The van der Waals surface area contributed by atoms with E-state index in [1.807, 2.05) is 13.8 Å². The zero-order valence-corrected chi connectivity index (χ0v) is 14.4. The fourth-order valence-electron chi connectivity index (χ4n) is 1.71. The molecule has 0 bridgehead atoms. The maximum absolute atomic E-state index is 12.0. The third-order valence-corrected chi connectivity index (χ3v) is 4.46. The van der Waals surface area contributed by atoms with Gasteiger partial charge in [-0.25, -0.2) is 0 Å². The Morgan fingerprint density at radius 1 is 1.48 bits per heavy atom. The van der Waals surface area contributed by atoms with Crippen LogP contribution in [0.1, 0.15) is 20.3 Å². The molecular formula is C15H16ClN5OS. The van der Waals surface area contributed by atoms with Gasteiger partial charge in [0.15, 0.2) is 0 Å². The predicted octanol–water partition coefficient (Wildman–Crippen LogP) is 2.33. The first-order valence-electron chi connectivity index (χ1n) is 6.93. The molecule has 0 spiro atoms. The Hall–Kier alpha value is -2.04. The van der Waals surface area contributed by atoms with Crippen molar-refractivity contribution in [3.05, 3.63) is 29.3 Å². The van der Waals surface area contributed by atoms with Crippen LogP contribution in [0, 0.1) is 12.3 Å². The molecule has 0 aliphatic heterocycles. The summed E-state index contributed by atoms with van der Waals surface area (Å²) in [6, 6.07) is 7.10. The van der Waals surface area contributed by atoms with Crippen molar-refractivity contribution in [2.24, 2.45) is 0 Å². The van der Waals surface area contributed by atoms with Crippen LogP contribution in [0.25, 0.3) is 5.69 Å². The van der Waals surface area contributed by atoms with Crippen molar-refractivity contribution in [1.82, 2.24) is 25.5 Å². The Bertz CT molecular complexity index is 724. The van der Waals surface area contributed by atoms with E-state index in [0.29, 0.717) is 16.6 Å². The molecule has 1 amide bonds. The number of nitrogens with zero attached hydrogens (tertiary/aromatic N) is 4. The maximum Gasteiger partial charge on any atom is 0.231 e. The van der Waals surface area contributed by atoms with Crippen LogP contribution in [0.4, 0.5) is 0 Å². The summed E-state index contributed by atoms with van der Waals surface area (Å²) < 4.78 is 1.55. The van der Waals surface area contributed by atoms with Gasteiger partial charge in [0.05, 0.1) is 17.0 Å². The lowest BCUT2D eigenvalue weighted by Crippen LogP contribution is -2.45. The lowest BCUT2D eigenvalue weighted by atomic mass is 10.0. The van der Waals surface area contributed by atoms with Gasteiger partial charge in [-0.1, -0.05) is 36.2 Å². The molecule has 1 unspecified atom stereocenters. The Balaban J connectivity index is 2.03. The van der Waals surface area contributed by atoms with Gasteiger partial charge in [-0.05, 0) is 48.0 Å². The van der Waals surface area contributed by atoms with E-state index in [2.05, 4.69) is 26.8 Å². The van der Waals surface area contributed by atoms with Gasteiger partial charge in [-0.3, -0.25) is 4.79 Å². The summed E-state index contributed by atoms with van der Waals surface area (Å²) in [6.45, 7) is 3.74. The Morgan fingerprint density at radius 2 is 2.17 bits per heavy atom. The number of aromatic nitrogens is 4. The summed E-state index contributed by atoms with van der Waals surface area (Å²) in [6.07, 6.45) is 6.11. The number of hydrogen-bond acceptors (Lipinski definition) is 5. The molecule has 23 heavy (non-hydrogen) atoms. The van der Waals surface area contributed by atoms with Gasteiger partial charge in [-0.2, -0.15) is 4.68 Å². The van der Waals surface area contributed by atoms with Gasteiger partial charge in [0.1, 0.15) is 0 Å². The summed E-state index contributed by atoms with van der Waals surface area (Å²) in [5.74, 6) is 2.60. The minimum Gasteiger partial charge on any atom is -0.339 e. The van der Waals surface area contributed by atoms with Gasteiger partial charge in [0, 0.05) is 5.02 Å². The second-order valence-electron chi connectivity index (χ2n) is 5.02. The van der Waals surface area contributed by atoms with E-state index >= 15 is 0 Å². The normalized spacial score (nSPS) is 13.1. The number of rotatable bonds is 6. The molecule has 0 fully saturated rings. The Kier molecular flexibility index (Phi) is 5.64. The van der Waals surface area contributed by atoms with E-state index in [1.54, 1.807) is 28.9 Å². The molecule has 0 saturated heterocycles. The molecule has 1 atom stereocenters. The van der Waals surface area contributed by atoms with Crippen molar-refractivity contribution in [3.63, 3.8) is 0 Å². The quantitative estimate of drug-likeness (QED) is 0.640. The van der Waals surface area contributed by atoms with Crippen molar-refractivity contribution in [1.29, 1.82) is 0 Å². The van der Waals surface area contributed by atoms with E-state index < -0.39 is 5.54 Å². The molecule has 1 heterocycles. The lowest BCUT2D eigenvalue weighted by Gasteiger charge is -2.23. The Morgan fingerprint density at radius 3 is 2.78 bits per heavy atom. The third-order valence-electron chi connectivity index (χ3n) is 3.29. The van der Waals surface area contributed by atoms with E-state index in [0.717, 1.165) is 5.69 Å². The molecule has 8 heteroatoms. The summed E-state index contributed by atoms with van der Waals surface area (Å²) in [4.78, 5) is 12.0. The van der Waals surface area contributed by atoms with Crippen LogP contribution >= 0.6 is 23.4 Å². The van der Waals surface area contributed by atoms with Crippen LogP contribution in [0.15, 0.2) is 29.4 Å². The molecule has 1 N–H and O–H groups in total. The van der Waals surface area contributed by atoms with Crippen LogP contribution in [0.3, 0.4) is 0 Å². The average molecular weight is 350 g/mol. The molecule has 2 rings (SSSR count). The van der Waals surface area contributed by atoms with Crippen molar-refractivity contribution in [2.75, 3.05) is 5.75 Å².